The molecule has 0 fully saturated rings. The summed E-state index contributed by atoms with van der Waals surface area (Å²) >= 11 is 1.86. The lowest BCUT2D eigenvalue weighted by molar-refractivity contribution is 0.101. The molecule has 1 N–H and O–H groups in total. The third-order valence-corrected chi connectivity index (χ3v) is 5.67. The molecule has 1 atom stereocenters. The molecule has 2 aromatic carbocycles. The molecule has 0 unspecified atom stereocenters. The number of aromatic nitrogens is 1. The largest absolute Gasteiger partial charge is 0.497 e. The van der Waals surface area contributed by atoms with E-state index in [4.69, 9.17) is 9.47 Å². The predicted octanol–water partition coefficient (Wildman–Crippen LogP) is 4.41. The van der Waals surface area contributed by atoms with Crippen molar-refractivity contribution in [1.29, 1.82) is 0 Å². The van der Waals surface area contributed by atoms with Crippen LogP contribution in [0.3, 0.4) is 0 Å². The highest BCUT2D eigenvalue weighted by atomic mass is 32.2. The summed E-state index contributed by atoms with van der Waals surface area (Å²) in [4.78, 5) is 14.3. The summed E-state index contributed by atoms with van der Waals surface area (Å²) in [6.45, 7) is 2.99. The molecule has 0 spiro atoms. The summed E-state index contributed by atoms with van der Waals surface area (Å²) in [5.74, 6) is 1.10. The first kappa shape index (κ1) is 16.8. The fourth-order valence-corrected chi connectivity index (χ4v) is 4.53. The van der Waals surface area contributed by atoms with E-state index in [9.17, 15) is 4.79 Å². The highest BCUT2D eigenvalue weighted by Gasteiger charge is 2.24. The number of nitrogens with zero attached hydrogens (tertiary/aromatic N) is 1. The Morgan fingerprint density at radius 2 is 2.04 bits per heavy atom. The maximum atomic E-state index is 13.0. The molecule has 0 saturated carbocycles. The fraction of sp³-hybridized carbons (Fsp3) is 0.250. The summed E-state index contributed by atoms with van der Waals surface area (Å²) < 4.78 is 12.7. The second-order valence-electron chi connectivity index (χ2n) is 6.28. The van der Waals surface area contributed by atoms with Crippen LogP contribution in [0.2, 0.25) is 0 Å². The number of thioether (sulfide) groups is 1. The number of carbonyl (C=O) groups is 1. The van der Waals surface area contributed by atoms with Gasteiger partial charge in [0.05, 0.1) is 25.4 Å². The van der Waals surface area contributed by atoms with Crippen molar-refractivity contribution in [2.45, 2.75) is 23.6 Å². The second-order valence-corrected chi connectivity index (χ2v) is 7.76. The molecular weight excluding hydrogens is 348 g/mol. The zero-order chi connectivity index (χ0) is 18.3. The van der Waals surface area contributed by atoms with E-state index in [0.29, 0.717) is 28.1 Å². The Labute approximate surface area is 156 Å². The minimum Gasteiger partial charge on any atom is -0.497 e. The first-order chi connectivity index (χ1) is 12.6. The Morgan fingerprint density at radius 1 is 1.19 bits per heavy atom. The van der Waals surface area contributed by atoms with Crippen LogP contribution < -0.4 is 14.8 Å². The van der Waals surface area contributed by atoms with Crippen molar-refractivity contribution in [2.24, 2.45) is 0 Å². The zero-order valence-corrected chi connectivity index (χ0v) is 15.7. The number of amides is 1. The number of carbonyl (C=O) groups excluding carboxylic acids is 1. The minimum absolute atomic E-state index is 0.155. The van der Waals surface area contributed by atoms with E-state index in [-0.39, 0.29) is 5.91 Å². The predicted molar refractivity (Wildman–Crippen MR) is 105 cm³/mol. The third kappa shape index (κ3) is 2.80. The van der Waals surface area contributed by atoms with Gasteiger partial charge in [0, 0.05) is 28.1 Å². The quantitative estimate of drug-likeness (QED) is 0.741. The standard InChI is InChI=1S/C20H20N2O3S/c1-12-11-22-16(9-13-5-4-6-18(26-12)19(13)22)20(23)21-15-10-14(24-2)7-8-17(15)25-3/h4-10,12H,11H2,1-3H3,(H,21,23)/t12-/m1/s1. The molecule has 26 heavy (non-hydrogen) atoms. The maximum Gasteiger partial charge on any atom is 0.272 e. The van der Waals surface area contributed by atoms with Gasteiger partial charge in [0.25, 0.3) is 5.91 Å². The molecular formula is C20H20N2O3S. The van der Waals surface area contributed by atoms with E-state index in [1.807, 2.05) is 23.9 Å². The lowest BCUT2D eigenvalue weighted by Gasteiger charge is -2.22. The molecule has 3 aromatic rings. The smallest absolute Gasteiger partial charge is 0.272 e. The fourth-order valence-electron chi connectivity index (χ4n) is 3.37. The highest BCUT2D eigenvalue weighted by molar-refractivity contribution is 8.00. The van der Waals surface area contributed by atoms with Crippen LogP contribution in [-0.4, -0.2) is 29.9 Å². The van der Waals surface area contributed by atoms with Crippen molar-refractivity contribution in [2.75, 3.05) is 19.5 Å². The summed E-state index contributed by atoms with van der Waals surface area (Å²) in [6.07, 6.45) is 0. The molecule has 0 radical (unpaired) electrons. The molecule has 0 aliphatic carbocycles. The summed E-state index contributed by atoms with van der Waals surface area (Å²) in [7, 11) is 3.18. The van der Waals surface area contributed by atoms with E-state index in [1.54, 1.807) is 32.4 Å². The molecule has 1 aliphatic heterocycles. The Morgan fingerprint density at radius 3 is 2.81 bits per heavy atom. The van der Waals surface area contributed by atoms with Crippen LogP contribution in [0.1, 0.15) is 17.4 Å². The van der Waals surface area contributed by atoms with Gasteiger partial charge in [0.1, 0.15) is 17.2 Å². The molecule has 1 amide bonds. The van der Waals surface area contributed by atoms with E-state index in [1.165, 1.54) is 4.90 Å². The highest BCUT2D eigenvalue weighted by Crippen LogP contribution is 2.38. The topological polar surface area (TPSA) is 52.5 Å². The van der Waals surface area contributed by atoms with Gasteiger partial charge in [-0.1, -0.05) is 19.1 Å². The van der Waals surface area contributed by atoms with Gasteiger partial charge in [-0.3, -0.25) is 4.79 Å². The van der Waals surface area contributed by atoms with Crippen LogP contribution in [0, 0.1) is 0 Å². The third-order valence-electron chi connectivity index (χ3n) is 4.54. The van der Waals surface area contributed by atoms with Crippen molar-refractivity contribution in [3.05, 3.63) is 48.2 Å². The van der Waals surface area contributed by atoms with Crippen LogP contribution in [-0.2, 0) is 6.54 Å². The number of rotatable bonds is 4. The van der Waals surface area contributed by atoms with Gasteiger partial charge in [0.2, 0.25) is 0 Å². The number of anilines is 1. The van der Waals surface area contributed by atoms with Crippen molar-refractivity contribution < 1.29 is 14.3 Å². The van der Waals surface area contributed by atoms with Gasteiger partial charge < -0.3 is 19.4 Å². The van der Waals surface area contributed by atoms with Crippen molar-refractivity contribution >= 4 is 34.3 Å². The zero-order valence-electron chi connectivity index (χ0n) is 14.9. The average Bonchev–Trinajstić information content (AvgIpc) is 3.01. The van der Waals surface area contributed by atoms with Gasteiger partial charge >= 0.3 is 0 Å². The molecule has 0 bridgehead atoms. The number of benzene rings is 2. The minimum atomic E-state index is -0.155. The maximum absolute atomic E-state index is 13.0. The van der Waals surface area contributed by atoms with Crippen molar-refractivity contribution in [3.63, 3.8) is 0 Å². The van der Waals surface area contributed by atoms with Gasteiger partial charge in [-0.2, -0.15) is 0 Å². The average molecular weight is 368 g/mol. The Bertz CT molecular complexity index is 996. The molecule has 1 aromatic heterocycles. The van der Waals surface area contributed by atoms with Gasteiger partial charge in [-0.05, 0) is 24.3 Å². The number of para-hydroxylation sites is 1. The molecule has 1 aliphatic rings. The summed E-state index contributed by atoms with van der Waals surface area (Å²) in [6, 6.07) is 13.5. The van der Waals surface area contributed by atoms with Crippen molar-refractivity contribution in [3.8, 4) is 11.5 Å². The van der Waals surface area contributed by atoms with E-state index >= 15 is 0 Å². The molecule has 2 heterocycles. The summed E-state index contributed by atoms with van der Waals surface area (Å²) in [5, 5.41) is 4.48. The lowest BCUT2D eigenvalue weighted by Crippen LogP contribution is -2.22. The molecule has 5 nitrogen and oxygen atoms in total. The van der Waals surface area contributed by atoms with Crippen LogP contribution in [0.15, 0.2) is 47.4 Å². The molecule has 6 heteroatoms. The van der Waals surface area contributed by atoms with Crippen molar-refractivity contribution in [1.82, 2.24) is 4.57 Å². The molecule has 0 saturated heterocycles. The lowest BCUT2D eigenvalue weighted by atomic mass is 10.2. The van der Waals surface area contributed by atoms with E-state index in [0.717, 1.165) is 17.4 Å². The Balaban J connectivity index is 1.75. The monoisotopic (exact) mass is 368 g/mol. The first-order valence-electron chi connectivity index (χ1n) is 8.43. The van der Waals surface area contributed by atoms with Gasteiger partial charge in [-0.25, -0.2) is 0 Å². The first-order valence-corrected chi connectivity index (χ1v) is 9.31. The Kier molecular flexibility index (Phi) is 4.28. The van der Waals surface area contributed by atoms with Crippen LogP contribution >= 0.6 is 11.8 Å². The van der Waals surface area contributed by atoms with Crippen LogP contribution in [0.25, 0.3) is 10.9 Å². The van der Waals surface area contributed by atoms with Crippen LogP contribution in [0.5, 0.6) is 11.5 Å². The second kappa shape index (κ2) is 6.61. The van der Waals surface area contributed by atoms with E-state index < -0.39 is 0 Å². The molecule has 134 valence electrons. The normalized spacial score (nSPS) is 15.7. The Hall–Kier alpha value is -2.60. The summed E-state index contributed by atoms with van der Waals surface area (Å²) in [5.41, 5.74) is 2.39. The number of ether oxygens (including phenoxy) is 2. The number of hydrogen-bond acceptors (Lipinski definition) is 4. The molecule has 4 rings (SSSR count). The number of nitrogens with one attached hydrogen (secondary N) is 1. The number of methoxy groups -OCH3 is 2. The van der Waals surface area contributed by atoms with E-state index in [2.05, 4.69) is 28.9 Å². The van der Waals surface area contributed by atoms with Gasteiger partial charge in [0.15, 0.2) is 0 Å². The van der Waals surface area contributed by atoms with Gasteiger partial charge in [-0.15, -0.1) is 11.8 Å². The number of hydrogen-bond donors (Lipinski definition) is 1. The van der Waals surface area contributed by atoms with Crippen LogP contribution in [0.4, 0.5) is 5.69 Å². The SMILES string of the molecule is COc1ccc(OC)c(NC(=O)c2cc3cccc4c3n2C[C@@H](C)S4)c1.